The van der Waals surface area contributed by atoms with Gasteiger partial charge in [0, 0.05) is 19.4 Å². The van der Waals surface area contributed by atoms with Gasteiger partial charge in [0.2, 0.25) is 5.78 Å². The smallest absolute Gasteiger partial charge is 0.266 e. The number of hydrogen-bond acceptors (Lipinski definition) is 6. The molecule has 0 N–H and O–H groups in total. The third-order valence-corrected chi connectivity index (χ3v) is 5.90. The normalized spacial score (nSPS) is 14.8. The van der Waals surface area contributed by atoms with E-state index in [9.17, 15) is 4.79 Å². The van der Waals surface area contributed by atoms with Crippen molar-refractivity contribution in [2.45, 2.75) is 45.6 Å². The molecule has 30 heavy (non-hydrogen) atoms. The first kappa shape index (κ1) is 19.3. The van der Waals surface area contributed by atoms with Crippen molar-refractivity contribution in [2.24, 2.45) is 4.99 Å². The number of ether oxygens (including phenoxy) is 2. The van der Waals surface area contributed by atoms with Crippen LogP contribution in [0.25, 0.3) is 5.78 Å². The van der Waals surface area contributed by atoms with Gasteiger partial charge in [-0.25, -0.2) is 9.39 Å². The van der Waals surface area contributed by atoms with Crippen molar-refractivity contribution < 1.29 is 9.47 Å². The van der Waals surface area contributed by atoms with Gasteiger partial charge < -0.3 is 9.47 Å². The molecule has 0 radical (unpaired) electrons. The molecule has 2 aromatic heterocycles. The number of fused-ring (bicyclic) bond motifs is 3. The molecule has 8 nitrogen and oxygen atoms in total. The summed E-state index contributed by atoms with van der Waals surface area (Å²) in [6.07, 6.45) is 4.20. The molecule has 1 aromatic carbocycles. The van der Waals surface area contributed by atoms with Crippen LogP contribution in [0.2, 0.25) is 0 Å². The molecule has 2 aliphatic rings. The Labute approximate surface area is 181 Å². The van der Waals surface area contributed by atoms with Crippen LogP contribution >= 0.6 is 15.9 Å². The molecule has 156 valence electrons. The quantitative estimate of drug-likeness (QED) is 0.514. The van der Waals surface area contributed by atoms with Crippen molar-refractivity contribution in [3.63, 3.8) is 0 Å². The fourth-order valence-corrected chi connectivity index (χ4v) is 4.43. The predicted molar refractivity (Wildman–Crippen MR) is 117 cm³/mol. The fraction of sp³-hybridized carbons (Fsp3) is 0.429. The lowest BCUT2D eigenvalue weighted by Gasteiger charge is -2.18. The first-order valence-corrected chi connectivity index (χ1v) is 11.1. The number of aromatic nitrogens is 4. The lowest BCUT2D eigenvalue weighted by atomic mass is 10.1. The molecular formula is C21H22BrN5O3. The van der Waals surface area contributed by atoms with Gasteiger partial charge in [0.1, 0.15) is 24.9 Å². The highest BCUT2D eigenvalue weighted by Crippen LogP contribution is 2.32. The summed E-state index contributed by atoms with van der Waals surface area (Å²) < 4.78 is 15.7. The fourth-order valence-electron chi connectivity index (χ4n) is 3.98. The highest BCUT2D eigenvalue weighted by molar-refractivity contribution is 9.18. The molecular weight excluding hydrogens is 450 g/mol. The maximum atomic E-state index is 13.3. The Morgan fingerprint density at radius 1 is 1.13 bits per heavy atom. The number of aryl methyl sites for hydroxylation is 1. The van der Waals surface area contributed by atoms with E-state index >= 15 is 0 Å². The summed E-state index contributed by atoms with van der Waals surface area (Å²) in [6, 6.07) is 5.82. The van der Waals surface area contributed by atoms with E-state index in [0.29, 0.717) is 49.0 Å². The van der Waals surface area contributed by atoms with Crippen molar-refractivity contribution in [1.29, 1.82) is 0 Å². The van der Waals surface area contributed by atoms with E-state index in [-0.39, 0.29) is 5.56 Å². The van der Waals surface area contributed by atoms with Crippen LogP contribution < -0.4 is 15.0 Å². The van der Waals surface area contributed by atoms with Gasteiger partial charge in [-0.15, -0.1) is 10.2 Å². The lowest BCUT2D eigenvalue weighted by Crippen LogP contribution is -2.24. The number of aliphatic imine (C=N–C) groups is 1. The molecule has 0 bridgehead atoms. The zero-order valence-electron chi connectivity index (χ0n) is 16.7. The summed E-state index contributed by atoms with van der Waals surface area (Å²) in [6.45, 7) is 4.02. The van der Waals surface area contributed by atoms with E-state index in [1.165, 1.54) is 0 Å². The lowest BCUT2D eigenvalue weighted by molar-refractivity contribution is 0.171. The molecule has 0 spiro atoms. The second kappa shape index (κ2) is 7.86. The van der Waals surface area contributed by atoms with E-state index in [2.05, 4.69) is 38.0 Å². The van der Waals surface area contributed by atoms with E-state index in [1.54, 1.807) is 4.40 Å². The Morgan fingerprint density at radius 2 is 1.97 bits per heavy atom. The summed E-state index contributed by atoms with van der Waals surface area (Å²) in [7, 11) is 0. The highest BCUT2D eigenvalue weighted by atomic mass is 79.9. The number of hydrogen-bond donors (Lipinski definition) is 0. The van der Waals surface area contributed by atoms with Crippen LogP contribution in [0.3, 0.4) is 0 Å². The number of nitrogens with zero attached hydrogens (tertiary/aromatic N) is 5. The van der Waals surface area contributed by atoms with Crippen molar-refractivity contribution >= 4 is 32.1 Å². The molecule has 0 saturated heterocycles. The van der Waals surface area contributed by atoms with Crippen LogP contribution in [0.1, 0.15) is 43.1 Å². The van der Waals surface area contributed by atoms with Gasteiger partial charge in [-0.05, 0) is 40.0 Å². The van der Waals surface area contributed by atoms with Crippen LogP contribution in [0.5, 0.6) is 11.5 Å². The monoisotopic (exact) mass is 471 g/mol. The second-order valence-electron chi connectivity index (χ2n) is 7.54. The van der Waals surface area contributed by atoms with Gasteiger partial charge in [-0.3, -0.25) is 9.36 Å². The summed E-state index contributed by atoms with van der Waals surface area (Å²) in [5.41, 5.74) is 1.58. The SMILES string of the molecule is CCCCCn1c2c(c(=O)n3c(Cc4ccc5c(c4)OCCO5)nnc13)CC(Br)=N2. The van der Waals surface area contributed by atoms with E-state index in [0.717, 1.165) is 47.5 Å². The summed E-state index contributed by atoms with van der Waals surface area (Å²) in [5, 5.41) is 8.75. The molecule has 0 aliphatic carbocycles. The third-order valence-electron chi connectivity index (χ3n) is 5.45. The van der Waals surface area contributed by atoms with Crippen LogP contribution in [0.15, 0.2) is 28.0 Å². The zero-order valence-corrected chi connectivity index (χ0v) is 18.3. The Kier molecular flexibility index (Phi) is 5.06. The average Bonchev–Trinajstić information content (AvgIpc) is 3.34. The first-order valence-electron chi connectivity index (χ1n) is 10.3. The van der Waals surface area contributed by atoms with E-state index in [4.69, 9.17) is 9.47 Å². The Bertz CT molecular complexity index is 1210. The minimum absolute atomic E-state index is 0.0949. The topological polar surface area (TPSA) is 83.0 Å². The number of benzene rings is 1. The Morgan fingerprint density at radius 3 is 2.80 bits per heavy atom. The minimum atomic E-state index is -0.0949. The van der Waals surface area contributed by atoms with Gasteiger partial charge in [0.25, 0.3) is 5.56 Å². The molecule has 0 fully saturated rings. The Hall–Kier alpha value is -2.68. The molecule has 0 unspecified atom stereocenters. The molecule has 3 aromatic rings. The van der Waals surface area contributed by atoms with E-state index in [1.807, 2.05) is 22.8 Å². The van der Waals surface area contributed by atoms with Crippen molar-refractivity contribution in [3.05, 3.63) is 45.5 Å². The average molecular weight is 472 g/mol. The first-order chi connectivity index (χ1) is 14.7. The van der Waals surface area contributed by atoms with Crippen molar-refractivity contribution in [2.75, 3.05) is 13.2 Å². The summed E-state index contributed by atoms with van der Waals surface area (Å²) in [5.74, 6) is 3.33. The van der Waals surface area contributed by atoms with Crippen molar-refractivity contribution in [3.8, 4) is 11.5 Å². The highest BCUT2D eigenvalue weighted by Gasteiger charge is 2.25. The zero-order chi connectivity index (χ0) is 20.7. The van der Waals surface area contributed by atoms with Gasteiger partial charge in [-0.1, -0.05) is 25.8 Å². The van der Waals surface area contributed by atoms with Crippen LogP contribution in [-0.4, -0.2) is 37.0 Å². The van der Waals surface area contributed by atoms with Crippen LogP contribution in [-0.2, 0) is 19.4 Å². The molecule has 2 aliphatic heterocycles. The maximum Gasteiger partial charge on any atom is 0.266 e. The predicted octanol–water partition coefficient (Wildman–Crippen LogP) is 3.42. The third kappa shape index (κ3) is 3.30. The van der Waals surface area contributed by atoms with E-state index < -0.39 is 0 Å². The number of rotatable bonds is 6. The standard InChI is InChI=1S/C21H22BrN5O3/c1-2-3-4-7-26-19-14(12-17(22)23-19)20(28)27-18(24-25-21(26)27)11-13-5-6-15-16(10-13)30-9-8-29-15/h5-6,10H,2-4,7-9,11-12H2,1H3. The number of unbranched alkanes of at least 4 members (excludes halogenated alkanes) is 2. The van der Waals surface area contributed by atoms with Crippen molar-refractivity contribution in [1.82, 2.24) is 19.2 Å². The van der Waals surface area contributed by atoms with Gasteiger partial charge in [0.05, 0.1) is 10.2 Å². The van der Waals surface area contributed by atoms with Gasteiger partial charge >= 0.3 is 0 Å². The summed E-state index contributed by atoms with van der Waals surface area (Å²) >= 11 is 3.46. The second-order valence-corrected chi connectivity index (χ2v) is 8.45. The molecule has 4 heterocycles. The largest absolute Gasteiger partial charge is 0.486 e. The summed E-state index contributed by atoms with van der Waals surface area (Å²) in [4.78, 5) is 17.9. The Balaban J connectivity index is 1.57. The van der Waals surface area contributed by atoms with Gasteiger partial charge in [0.15, 0.2) is 11.5 Å². The van der Waals surface area contributed by atoms with Crippen LogP contribution in [0.4, 0.5) is 5.82 Å². The molecule has 0 amide bonds. The maximum absolute atomic E-state index is 13.3. The van der Waals surface area contributed by atoms with Crippen LogP contribution in [0, 0.1) is 0 Å². The molecule has 5 rings (SSSR count). The van der Waals surface area contributed by atoms with Gasteiger partial charge in [-0.2, -0.15) is 0 Å². The minimum Gasteiger partial charge on any atom is -0.486 e. The molecule has 0 saturated carbocycles. The number of halogens is 1. The molecule has 0 atom stereocenters. The molecule has 9 heteroatoms.